The molecule has 1 unspecified atom stereocenters. The van der Waals surface area contributed by atoms with Gasteiger partial charge >= 0.3 is 5.97 Å². The molecule has 1 N–H and O–H groups in total. The zero-order valence-electron chi connectivity index (χ0n) is 32.3. The number of unbranched alkanes of at least 4 members (excludes halogenated alkanes) is 5. The molecule has 4 fully saturated rings. The lowest BCUT2D eigenvalue weighted by Gasteiger charge is -2.54. The molecule has 8 nitrogen and oxygen atoms in total. The molecule has 1 atom stereocenters. The van der Waals surface area contributed by atoms with Crippen molar-refractivity contribution in [2.75, 3.05) is 0 Å². The summed E-state index contributed by atoms with van der Waals surface area (Å²) in [5.74, 6) is -0.0637. The first kappa shape index (κ1) is 40.0. The molecule has 0 aromatic carbocycles. The number of ether oxygens (including phenoxy) is 2. The number of hydroxylamine groups is 4. The first-order chi connectivity index (χ1) is 22.6. The highest BCUT2D eigenvalue weighted by Crippen LogP contribution is 2.43. The van der Waals surface area contributed by atoms with E-state index in [2.05, 4.69) is 65.5 Å². The molecule has 8 heteroatoms. The van der Waals surface area contributed by atoms with E-state index in [1.54, 1.807) is 0 Å². The molecule has 0 amide bonds. The number of hydrogen-bond donors (Lipinski definition) is 1. The van der Waals surface area contributed by atoms with E-state index >= 15 is 0 Å². The highest BCUT2D eigenvalue weighted by atomic mass is 16.7. The van der Waals surface area contributed by atoms with E-state index in [0.717, 1.165) is 89.9 Å². The SMILES string of the molecule is CC1(C)CC(OC(=O)CCCCCCCCC(O)OC2CC(C)(C)N(OC3CCCCC3)C(C)(C)C2)CC(C)(C)N1OC1CCCCC1. The van der Waals surface area contributed by atoms with Gasteiger partial charge in [-0.05, 0) is 113 Å². The van der Waals surface area contributed by atoms with Crippen LogP contribution in [0.25, 0.3) is 0 Å². The van der Waals surface area contributed by atoms with Crippen LogP contribution in [-0.4, -0.2) is 74.1 Å². The molecule has 0 radical (unpaired) electrons. The zero-order chi connectivity index (χ0) is 35.0. The maximum absolute atomic E-state index is 12.8. The molecule has 4 rings (SSSR count). The molecule has 0 spiro atoms. The summed E-state index contributed by atoms with van der Waals surface area (Å²) in [6, 6.07) is 0. The minimum atomic E-state index is -0.720. The van der Waals surface area contributed by atoms with Crippen molar-refractivity contribution in [1.29, 1.82) is 0 Å². The van der Waals surface area contributed by atoms with Crippen molar-refractivity contribution < 1.29 is 29.0 Å². The molecule has 0 aromatic rings. The Labute approximate surface area is 294 Å². The standard InChI is InChI=1S/C40H74N2O6/c1-37(2)27-33(28-38(3,4)41(37)47-31-21-15-13-16-22-31)45-35(43)25-19-11-9-10-12-20-26-36(44)46-34-29-39(5,6)42(40(7,8)30-34)48-32-23-17-14-18-24-32/h31-35,43H,9-30H2,1-8H3. The maximum atomic E-state index is 12.8. The smallest absolute Gasteiger partial charge is 0.306 e. The van der Waals surface area contributed by atoms with Gasteiger partial charge in [0.15, 0.2) is 6.29 Å². The van der Waals surface area contributed by atoms with Crippen LogP contribution in [0.2, 0.25) is 0 Å². The van der Waals surface area contributed by atoms with Crippen LogP contribution in [0, 0.1) is 0 Å². The van der Waals surface area contributed by atoms with E-state index in [1.807, 2.05) is 0 Å². The monoisotopic (exact) mass is 679 g/mol. The maximum Gasteiger partial charge on any atom is 0.306 e. The fourth-order valence-corrected chi connectivity index (χ4v) is 9.56. The number of carbonyl (C=O) groups is 1. The number of hydrogen-bond acceptors (Lipinski definition) is 8. The van der Waals surface area contributed by atoms with Crippen molar-refractivity contribution in [1.82, 2.24) is 10.1 Å². The number of esters is 1. The average Bonchev–Trinajstić information content (AvgIpc) is 2.98. The first-order valence-corrected chi connectivity index (χ1v) is 20.0. The minimum absolute atomic E-state index is 0.0236. The van der Waals surface area contributed by atoms with Crippen molar-refractivity contribution in [3.05, 3.63) is 0 Å². The van der Waals surface area contributed by atoms with Crippen LogP contribution in [0.3, 0.4) is 0 Å². The van der Waals surface area contributed by atoms with Crippen LogP contribution in [0.5, 0.6) is 0 Å². The fraction of sp³-hybridized carbons (Fsp3) is 0.975. The molecule has 0 bridgehead atoms. The molecule has 2 aliphatic heterocycles. The lowest BCUT2D eigenvalue weighted by molar-refractivity contribution is -0.325. The number of nitrogens with zero attached hydrogens (tertiary/aromatic N) is 2. The van der Waals surface area contributed by atoms with Gasteiger partial charge in [-0.15, -0.1) is 0 Å². The Hall–Kier alpha value is -0.770. The summed E-state index contributed by atoms with van der Waals surface area (Å²) in [7, 11) is 0. The molecule has 4 aliphatic rings. The van der Waals surface area contributed by atoms with E-state index in [-0.39, 0.29) is 40.3 Å². The molecule has 2 aliphatic carbocycles. The Morgan fingerprint density at radius 2 is 0.979 bits per heavy atom. The molecule has 48 heavy (non-hydrogen) atoms. The summed E-state index contributed by atoms with van der Waals surface area (Å²) in [6.07, 6.45) is 22.8. The largest absolute Gasteiger partial charge is 0.462 e. The summed E-state index contributed by atoms with van der Waals surface area (Å²) >= 11 is 0. The summed E-state index contributed by atoms with van der Waals surface area (Å²) in [4.78, 5) is 26.0. The van der Waals surface area contributed by atoms with Crippen molar-refractivity contribution >= 4 is 5.97 Å². The summed E-state index contributed by atoms with van der Waals surface area (Å²) in [5.41, 5.74) is -0.666. The Balaban J connectivity index is 1.06. The summed E-state index contributed by atoms with van der Waals surface area (Å²) in [6.45, 7) is 17.9. The predicted molar refractivity (Wildman–Crippen MR) is 192 cm³/mol. The van der Waals surface area contributed by atoms with Crippen LogP contribution in [0.1, 0.15) is 197 Å². The van der Waals surface area contributed by atoms with Gasteiger partial charge < -0.3 is 14.6 Å². The van der Waals surface area contributed by atoms with Gasteiger partial charge in [0.05, 0.1) is 18.3 Å². The Morgan fingerprint density at radius 1 is 0.583 bits per heavy atom. The highest BCUT2D eigenvalue weighted by molar-refractivity contribution is 5.69. The molecule has 0 aromatic heterocycles. The summed E-state index contributed by atoms with van der Waals surface area (Å²) in [5, 5.41) is 15.2. The van der Waals surface area contributed by atoms with Gasteiger partial charge in [0.1, 0.15) is 6.10 Å². The van der Waals surface area contributed by atoms with Crippen LogP contribution in [0.4, 0.5) is 0 Å². The molecular weight excluding hydrogens is 604 g/mol. The number of aliphatic hydroxyl groups excluding tert-OH is 1. The summed E-state index contributed by atoms with van der Waals surface area (Å²) < 4.78 is 12.2. The molecule has 280 valence electrons. The van der Waals surface area contributed by atoms with E-state index in [9.17, 15) is 9.90 Å². The Bertz CT molecular complexity index is 935. The van der Waals surface area contributed by atoms with Crippen molar-refractivity contribution in [2.24, 2.45) is 0 Å². The third kappa shape index (κ3) is 11.9. The highest BCUT2D eigenvalue weighted by Gasteiger charge is 2.49. The number of piperidine rings is 2. The molecular formula is C40H74N2O6. The van der Waals surface area contributed by atoms with Crippen molar-refractivity contribution in [3.8, 4) is 0 Å². The van der Waals surface area contributed by atoms with Gasteiger partial charge in [-0.1, -0.05) is 64.2 Å². The van der Waals surface area contributed by atoms with Gasteiger partial charge in [0.25, 0.3) is 0 Å². The number of carbonyl (C=O) groups excluding carboxylic acids is 1. The van der Waals surface area contributed by atoms with Crippen molar-refractivity contribution in [3.63, 3.8) is 0 Å². The third-order valence-corrected chi connectivity index (χ3v) is 11.5. The van der Waals surface area contributed by atoms with E-state index < -0.39 is 6.29 Å². The van der Waals surface area contributed by atoms with Crippen LogP contribution < -0.4 is 0 Å². The van der Waals surface area contributed by atoms with E-state index in [4.69, 9.17) is 19.1 Å². The number of aliphatic hydroxyl groups is 1. The molecule has 2 heterocycles. The second kappa shape index (κ2) is 17.6. The molecule has 2 saturated carbocycles. The first-order valence-electron chi connectivity index (χ1n) is 20.0. The van der Waals surface area contributed by atoms with E-state index in [0.29, 0.717) is 25.0 Å². The van der Waals surface area contributed by atoms with Crippen LogP contribution in [-0.2, 0) is 23.9 Å². The fourth-order valence-electron chi connectivity index (χ4n) is 9.56. The Morgan fingerprint density at radius 3 is 1.44 bits per heavy atom. The minimum Gasteiger partial charge on any atom is -0.462 e. The lowest BCUT2D eigenvalue weighted by atomic mass is 9.80. The van der Waals surface area contributed by atoms with Gasteiger partial charge in [-0.25, -0.2) is 0 Å². The predicted octanol–water partition coefficient (Wildman–Crippen LogP) is 9.56. The van der Waals surface area contributed by atoms with Gasteiger partial charge in [-0.3, -0.25) is 14.5 Å². The van der Waals surface area contributed by atoms with Crippen LogP contribution in [0.15, 0.2) is 0 Å². The van der Waals surface area contributed by atoms with Gasteiger partial charge in [0, 0.05) is 41.4 Å². The van der Waals surface area contributed by atoms with Crippen molar-refractivity contribution in [2.45, 2.75) is 250 Å². The normalized spacial score (nSPS) is 26.8. The topological polar surface area (TPSA) is 80.7 Å². The average molecular weight is 679 g/mol. The zero-order valence-corrected chi connectivity index (χ0v) is 32.3. The van der Waals surface area contributed by atoms with Crippen LogP contribution >= 0.6 is 0 Å². The second-order valence-corrected chi connectivity index (χ2v) is 18.4. The second-order valence-electron chi connectivity index (χ2n) is 18.4. The molecule has 2 saturated heterocycles. The van der Waals surface area contributed by atoms with Gasteiger partial charge in [0.2, 0.25) is 0 Å². The quantitative estimate of drug-likeness (QED) is 0.0982. The lowest BCUT2D eigenvalue weighted by Crippen LogP contribution is -2.63. The Kier molecular flexibility index (Phi) is 14.7. The van der Waals surface area contributed by atoms with E-state index in [1.165, 1.54) is 38.5 Å². The number of rotatable bonds is 16. The third-order valence-electron chi connectivity index (χ3n) is 11.5. The van der Waals surface area contributed by atoms with Gasteiger partial charge in [-0.2, -0.15) is 10.1 Å².